The number of carbonyl (C=O) groups excluding carboxylic acids is 4. The predicted molar refractivity (Wildman–Crippen MR) is 423 cm³/mol. The van der Waals surface area contributed by atoms with Crippen molar-refractivity contribution in [3.63, 3.8) is 0 Å². The van der Waals surface area contributed by atoms with E-state index >= 15 is 0 Å². The van der Waals surface area contributed by atoms with Gasteiger partial charge in [0.25, 0.3) is 0 Å². The molecule has 0 heterocycles. The number of hydrogen-bond acceptors (Lipinski definition) is 15. The van der Waals surface area contributed by atoms with Crippen molar-refractivity contribution in [2.75, 3.05) is 39.6 Å². The van der Waals surface area contributed by atoms with Crippen molar-refractivity contribution in [1.82, 2.24) is 0 Å². The van der Waals surface area contributed by atoms with Crippen LogP contribution in [0.2, 0.25) is 0 Å². The van der Waals surface area contributed by atoms with Crippen LogP contribution >= 0.6 is 15.6 Å². The quantitative estimate of drug-likeness (QED) is 0.0222. The fourth-order valence-electron chi connectivity index (χ4n) is 13.2. The van der Waals surface area contributed by atoms with Gasteiger partial charge in [-0.15, -0.1) is 0 Å². The summed E-state index contributed by atoms with van der Waals surface area (Å²) in [6.07, 6.45) is 72.9. The third kappa shape index (κ3) is 78.0. The van der Waals surface area contributed by atoms with Crippen molar-refractivity contribution >= 4 is 39.5 Å². The summed E-state index contributed by atoms with van der Waals surface area (Å²) in [5, 5.41) is 10.6. The molecule has 0 aliphatic carbocycles. The minimum Gasteiger partial charge on any atom is -0.462 e. The van der Waals surface area contributed by atoms with Crippen LogP contribution in [0.1, 0.15) is 458 Å². The SMILES string of the molecule is CCCCCCCCCCCCCCCCCCCCCCCCC(=O)OC[C@H](COP(=O)(O)OC[C@@H](O)COP(=O)(O)OC[C@@H](COC(=O)CCCCCCC)OC(=O)CCCCCCCCCCCCCCCC)OC(=O)CCCCCCCCCCCCCCCCCCCCCCCC. The van der Waals surface area contributed by atoms with Crippen molar-refractivity contribution in [1.29, 1.82) is 0 Å². The number of unbranched alkanes of at least 4 members (excludes halogenated alkanes) is 59. The van der Waals surface area contributed by atoms with Gasteiger partial charge in [-0.25, -0.2) is 9.13 Å². The molecule has 0 rings (SSSR count). The molecule has 0 amide bonds. The minimum atomic E-state index is -4.96. The Balaban J connectivity index is 5.09. The highest BCUT2D eigenvalue weighted by Crippen LogP contribution is 2.45. The molecule has 0 fully saturated rings. The van der Waals surface area contributed by atoms with Gasteiger partial charge in [-0.05, 0) is 25.7 Å². The lowest BCUT2D eigenvalue weighted by atomic mass is 10.0. The Morgan fingerprint density at radius 1 is 0.233 bits per heavy atom. The zero-order chi connectivity index (χ0) is 75.3. The van der Waals surface area contributed by atoms with Crippen LogP contribution in [-0.4, -0.2) is 96.7 Å². The molecule has 0 aliphatic rings. The Morgan fingerprint density at radius 2 is 0.388 bits per heavy atom. The fraction of sp³-hybridized carbons (Fsp3) is 0.952. The maximum atomic E-state index is 13.1. The highest BCUT2D eigenvalue weighted by molar-refractivity contribution is 7.47. The normalized spacial score (nSPS) is 13.7. The van der Waals surface area contributed by atoms with Gasteiger partial charge in [-0.2, -0.15) is 0 Å². The summed E-state index contributed by atoms with van der Waals surface area (Å²) in [4.78, 5) is 72.8. The van der Waals surface area contributed by atoms with Crippen molar-refractivity contribution in [3.8, 4) is 0 Å². The molecule has 612 valence electrons. The summed E-state index contributed by atoms with van der Waals surface area (Å²) in [6.45, 7) is 4.94. The van der Waals surface area contributed by atoms with E-state index in [1.807, 2.05) is 0 Å². The highest BCUT2D eigenvalue weighted by atomic mass is 31.2. The van der Waals surface area contributed by atoms with E-state index in [-0.39, 0.29) is 25.7 Å². The number of phosphoric acid groups is 2. The zero-order valence-electron chi connectivity index (χ0n) is 67.3. The lowest BCUT2D eigenvalue weighted by molar-refractivity contribution is -0.161. The number of carbonyl (C=O) groups is 4. The van der Waals surface area contributed by atoms with E-state index in [4.69, 9.17) is 37.0 Å². The molecule has 0 aromatic heterocycles. The molecule has 5 atom stereocenters. The maximum Gasteiger partial charge on any atom is 0.472 e. The first kappa shape index (κ1) is 101. The molecule has 0 aromatic rings. The number of rotatable bonds is 85. The topological polar surface area (TPSA) is 237 Å². The van der Waals surface area contributed by atoms with E-state index in [1.54, 1.807) is 0 Å². The molecule has 0 aromatic carbocycles. The van der Waals surface area contributed by atoms with Crippen molar-refractivity contribution in [2.24, 2.45) is 0 Å². The number of ether oxygens (including phenoxy) is 4. The van der Waals surface area contributed by atoms with Crippen LogP contribution in [0, 0.1) is 0 Å². The maximum absolute atomic E-state index is 13.1. The number of aliphatic hydroxyl groups is 1. The van der Waals surface area contributed by atoms with E-state index in [0.29, 0.717) is 25.7 Å². The lowest BCUT2D eigenvalue weighted by Gasteiger charge is -2.21. The Hall–Kier alpha value is -1.94. The fourth-order valence-corrected chi connectivity index (χ4v) is 14.7. The largest absolute Gasteiger partial charge is 0.472 e. The number of phosphoric ester groups is 2. The second kappa shape index (κ2) is 78.2. The van der Waals surface area contributed by atoms with Crippen molar-refractivity contribution in [2.45, 2.75) is 476 Å². The third-order valence-corrected chi connectivity index (χ3v) is 21.8. The van der Waals surface area contributed by atoms with Crippen LogP contribution in [-0.2, 0) is 65.4 Å². The van der Waals surface area contributed by atoms with Crippen LogP contribution in [0.25, 0.3) is 0 Å². The van der Waals surface area contributed by atoms with Gasteiger partial charge in [0.2, 0.25) is 0 Å². The summed E-state index contributed by atoms with van der Waals surface area (Å²) >= 11 is 0. The van der Waals surface area contributed by atoms with Crippen molar-refractivity contribution in [3.05, 3.63) is 0 Å². The lowest BCUT2D eigenvalue weighted by Crippen LogP contribution is -2.30. The molecular formula is C84H164O17P2. The van der Waals surface area contributed by atoms with Crippen LogP contribution in [0.15, 0.2) is 0 Å². The Morgan fingerprint density at radius 3 is 0.573 bits per heavy atom. The van der Waals surface area contributed by atoms with Gasteiger partial charge in [0.15, 0.2) is 12.2 Å². The Kier molecular flexibility index (Phi) is 76.7. The van der Waals surface area contributed by atoms with E-state index in [1.165, 1.54) is 283 Å². The summed E-state index contributed by atoms with van der Waals surface area (Å²) in [5.41, 5.74) is 0. The molecule has 17 nitrogen and oxygen atoms in total. The average Bonchev–Trinajstić information content (AvgIpc) is 0.913. The third-order valence-electron chi connectivity index (χ3n) is 19.9. The monoisotopic (exact) mass is 1510 g/mol. The molecule has 103 heavy (non-hydrogen) atoms. The molecule has 0 aliphatic heterocycles. The average molecular weight is 1510 g/mol. The number of aliphatic hydroxyl groups excluding tert-OH is 1. The highest BCUT2D eigenvalue weighted by Gasteiger charge is 2.30. The van der Waals surface area contributed by atoms with Crippen LogP contribution in [0.3, 0.4) is 0 Å². The molecule has 0 saturated carbocycles. The van der Waals surface area contributed by atoms with Crippen LogP contribution in [0.5, 0.6) is 0 Å². The van der Waals surface area contributed by atoms with E-state index < -0.39 is 97.5 Å². The molecule has 0 spiro atoms. The summed E-state index contributed by atoms with van der Waals surface area (Å²) in [6, 6.07) is 0. The zero-order valence-corrected chi connectivity index (χ0v) is 69.1. The van der Waals surface area contributed by atoms with E-state index in [0.717, 1.165) is 96.3 Å². The van der Waals surface area contributed by atoms with Gasteiger partial charge in [0.1, 0.15) is 19.3 Å². The molecule has 19 heteroatoms. The summed E-state index contributed by atoms with van der Waals surface area (Å²) in [7, 11) is -9.91. The van der Waals surface area contributed by atoms with Crippen molar-refractivity contribution < 1.29 is 80.2 Å². The first-order valence-electron chi connectivity index (χ1n) is 43.8. The second-order valence-electron chi connectivity index (χ2n) is 30.2. The molecule has 0 bridgehead atoms. The first-order valence-corrected chi connectivity index (χ1v) is 46.8. The van der Waals surface area contributed by atoms with Gasteiger partial charge in [0, 0.05) is 25.7 Å². The molecule has 2 unspecified atom stereocenters. The first-order chi connectivity index (χ1) is 50.2. The summed E-state index contributed by atoms with van der Waals surface area (Å²) in [5.74, 6) is -2.12. The van der Waals surface area contributed by atoms with E-state index in [2.05, 4.69) is 27.7 Å². The van der Waals surface area contributed by atoms with Gasteiger partial charge >= 0.3 is 39.5 Å². The molecule has 3 N–H and O–H groups in total. The molecule has 0 saturated heterocycles. The van der Waals surface area contributed by atoms with Gasteiger partial charge in [0.05, 0.1) is 26.4 Å². The van der Waals surface area contributed by atoms with Gasteiger partial charge in [-0.3, -0.25) is 37.3 Å². The molecular weight excluding hydrogens is 1340 g/mol. The smallest absolute Gasteiger partial charge is 0.462 e. The van der Waals surface area contributed by atoms with Crippen LogP contribution < -0.4 is 0 Å². The molecule has 0 radical (unpaired) electrons. The predicted octanol–water partition coefficient (Wildman–Crippen LogP) is 25.7. The van der Waals surface area contributed by atoms with Gasteiger partial charge < -0.3 is 33.8 Å². The standard InChI is InChI=1S/C84H164O17P2/c1-5-9-13-17-20-23-26-29-32-34-36-38-40-42-44-46-49-51-54-57-61-65-69-82(87)95-75-80(101-84(89)71-67-63-59-56-53-50-47-45-43-41-39-37-35-33-30-27-24-21-18-14-10-6-2)77-99-103(92,93)97-73-78(85)72-96-102(90,91)98-76-79(74-94-81(86)68-64-60-16-12-8-4)100-83(88)70-66-62-58-55-52-48-31-28-25-22-19-15-11-7-3/h78-80,85H,5-77H2,1-4H3,(H,90,91)(H,92,93)/t78-,79+,80+/m0/s1. The number of esters is 4. The summed E-state index contributed by atoms with van der Waals surface area (Å²) < 4.78 is 68.5. The number of hydrogen-bond donors (Lipinski definition) is 3. The second-order valence-corrected chi connectivity index (χ2v) is 33.1. The minimum absolute atomic E-state index is 0.108. The van der Waals surface area contributed by atoms with Crippen LogP contribution in [0.4, 0.5) is 0 Å². The Labute approximate surface area is 632 Å². The van der Waals surface area contributed by atoms with E-state index in [9.17, 15) is 43.2 Å². The Bertz CT molecular complexity index is 1950. The van der Waals surface area contributed by atoms with Gasteiger partial charge in [-0.1, -0.05) is 407 Å².